The van der Waals surface area contributed by atoms with Crippen LogP contribution < -0.4 is 0 Å². The van der Waals surface area contributed by atoms with Crippen LogP contribution in [-0.2, 0) is 16.6 Å². The largest absolute Gasteiger partial charge is 0.468 e. The zero-order chi connectivity index (χ0) is 20.7. The molecular formula is C19H20N4O4S2. The first-order valence-corrected chi connectivity index (χ1v) is 11.2. The molecule has 3 heterocycles. The zero-order valence-electron chi connectivity index (χ0n) is 16.2. The Balaban J connectivity index is 1.95. The van der Waals surface area contributed by atoms with Crippen molar-refractivity contribution in [2.45, 2.75) is 17.4 Å². The minimum absolute atomic E-state index is 0.0112. The molecular weight excluding hydrogens is 412 g/mol. The van der Waals surface area contributed by atoms with Gasteiger partial charge in [0.05, 0.1) is 22.3 Å². The fourth-order valence-electron chi connectivity index (χ4n) is 3.94. The Hall–Kier alpha value is -2.33. The number of thioether (sulfide) groups is 2. The third-order valence-electron chi connectivity index (χ3n) is 5.20. The van der Waals surface area contributed by atoms with Gasteiger partial charge in [-0.05, 0) is 12.5 Å². The van der Waals surface area contributed by atoms with Crippen molar-refractivity contribution in [2.75, 3.05) is 18.6 Å². The zero-order valence-corrected chi connectivity index (χ0v) is 17.8. The molecule has 2 atom stereocenters. The van der Waals surface area contributed by atoms with Crippen LogP contribution in [0.15, 0.2) is 29.3 Å². The number of benzene rings is 1. The van der Waals surface area contributed by atoms with Crippen LogP contribution in [0.2, 0.25) is 0 Å². The number of aromatic nitrogens is 2. The van der Waals surface area contributed by atoms with Crippen LogP contribution in [0.5, 0.6) is 0 Å². The van der Waals surface area contributed by atoms with Gasteiger partial charge >= 0.3 is 5.97 Å². The molecule has 8 nitrogen and oxygen atoms in total. The molecule has 2 aliphatic rings. The number of carbonyl (C=O) groups is 1. The van der Waals surface area contributed by atoms with Crippen LogP contribution in [0.3, 0.4) is 0 Å². The van der Waals surface area contributed by atoms with Crippen molar-refractivity contribution in [3.05, 3.63) is 51.2 Å². The van der Waals surface area contributed by atoms with Gasteiger partial charge in [-0.3, -0.25) is 19.6 Å². The number of methoxy groups -OCH3 is 1. The summed E-state index contributed by atoms with van der Waals surface area (Å²) in [6.45, 7) is 1.79. The average Bonchev–Trinajstić information content (AvgIpc) is 3.35. The van der Waals surface area contributed by atoms with Crippen LogP contribution in [0.4, 0.5) is 11.5 Å². The van der Waals surface area contributed by atoms with Gasteiger partial charge in [-0.25, -0.2) is 4.99 Å². The predicted octanol–water partition coefficient (Wildman–Crippen LogP) is 3.83. The molecule has 0 spiro atoms. The summed E-state index contributed by atoms with van der Waals surface area (Å²) in [6.07, 6.45) is 0. The van der Waals surface area contributed by atoms with Gasteiger partial charge in [-0.2, -0.15) is 5.10 Å². The van der Waals surface area contributed by atoms with Crippen LogP contribution in [-0.4, -0.2) is 45.0 Å². The lowest BCUT2D eigenvalue weighted by molar-refractivity contribution is -0.384. The van der Waals surface area contributed by atoms with E-state index in [1.54, 1.807) is 17.7 Å². The Bertz CT molecular complexity index is 1010. The van der Waals surface area contributed by atoms with Gasteiger partial charge in [0, 0.05) is 47.9 Å². The summed E-state index contributed by atoms with van der Waals surface area (Å²) in [5.74, 6) is 1.25. The molecule has 1 aromatic heterocycles. The summed E-state index contributed by atoms with van der Waals surface area (Å²) in [5, 5.41) is 16.1. The van der Waals surface area contributed by atoms with Crippen molar-refractivity contribution >= 4 is 46.7 Å². The molecule has 0 amide bonds. The smallest absolute Gasteiger partial charge is 0.315 e. The summed E-state index contributed by atoms with van der Waals surface area (Å²) in [4.78, 5) is 28.4. The fourth-order valence-corrected chi connectivity index (χ4v) is 6.77. The molecule has 2 aromatic rings. The van der Waals surface area contributed by atoms with Crippen molar-refractivity contribution in [2.24, 2.45) is 18.0 Å². The summed E-state index contributed by atoms with van der Waals surface area (Å²) < 4.78 is 6.98. The number of hydrogen-bond donors (Lipinski definition) is 0. The highest BCUT2D eigenvalue weighted by molar-refractivity contribution is 8.19. The van der Waals surface area contributed by atoms with E-state index in [0.29, 0.717) is 17.1 Å². The molecule has 4 rings (SSSR count). The maximum absolute atomic E-state index is 12.8. The van der Waals surface area contributed by atoms with Gasteiger partial charge < -0.3 is 4.74 Å². The molecule has 0 aliphatic carbocycles. The van der Waals surface area contributed by atoms with E-state index >= 15 is 0 Å². The summed E-state index contributed by atoms with van der Waals surface area (Å²) in [7, 11) is 3.19. The Morgan fingerprint density at radius 3 is 2.72 bits per heavy atom. The molecule has 2 unspecified atom stereocenters. The predicted molar refractivity (Wildman–Crippen MR) is 114 cm³/mol. The average molecular weight is 433 g/mol. The highest BCUT2D eigenvalue weighted by atomic mass is 32.2. The fraction of sp³-hybridized carbons (Fsp3) is 0.421. The normalized spacial score (nSPS) is 21.6. The standard InChI is InChI=1S/C19H20N4O4S2/c1-10-13(18(24)27-3)14(11-5-4-6-12(9-11)23(25)26)15-16(19-28-7-8-29-19)21-22(2)17(15)20-10/h4-6,9,13-14,19H,7-8H2,1-3H3. The number of aliphatic imine (C=N–C) groups is 1. The first-order chi connectivity index (χ1) is 13.9. The lowest BCUT2D eigenvalue weighted by Gasteiger charge is -2.30. The SMILES string of the molecule is COC(=O)C1C(C)=Nc2c(c(C3SCCS3)nn2C)C1c1cccc([N+](=O)[O-])c1. The second-order valence-corrected chi connectivity index (χ2v) is 9.63. The molecule has 0 N–H and O–H groups in total. The van der Waals surface area contributed by atoms with Crippen LogP contribution in [0.1, 0.15) is 34.2 Å². The number of aryl methyl sites for hydroxylation is 1. The van der Waals surface area contributed by atoms with E-state index in [0.717, 1.165) is 22.8 Å². The molecule has 1 aromatic carbocycles. The van der Waals surface area contributed by atoms with Gasteiger partial charge in [0.15, 0.2) is 5.82 Å². The van der Waals surface area contributed by atoms with E-state index in [-0.39, 0.29) is 10.3 Å². The van der Waals surface area contributed by atoms with Crippen LogP contribution >= 0.6 is 23.5 Å². The van der Waals surface area contributed by atoms with E-state index in [9.17, 15) is 14.9 Å². The maximum Gasteiger partial charge on any atom is 0.315 e. The van der Waals surface area contributed by atoms with Crippen LogP contribution in [0.25, 0.3) is 0 Å². The number of rotatable bonds is 4. The second-order valence-electron chi connectivity index (χ2n) is 6.90. The van der Waals surface area contributed by atoms with Crippen molar-refractivity contribution in [3.63, 3.8) is 0 Å². The minimum Gasteiger partial charge on any atom is -0.468 e. The van der Waals surface area contributed by atoms with Crippen molar-refractivity contribution in [1.29, 1.82) is 0 Å². The summed E-state index contributed by atoms with van der Waals surface area (Å²) in [6, 6.07) is 6.46. The monoisotopic (exact) mass is 432 g/mol. The third kappa shape index (κ3) is 3.44. The molecule has 2 aliphatic heterocycles. The molecule has 0 bridgehead atoms. The highest BCUT2D eigenvalue weighted by Gasteiger charge is 2.43. The number of carbonyl (C=O) groups excluding carboxylic acids is 1. The summed E-state index contributed by atoms with van der Waals surface area (Å²) in [5.41, 5.74) is 3.04. The Kier molecular flexibility index (Phi) is 5.39. The first-order valence-electron chi connectivity index (χ1n) is 9.09. The number of nitrogens with zero attached hydrogens (tertiary/aromatic N) is 4. The molecule has 152 valence electrons. The number of nitro benzene ring substituents is 1. The molecule has 1 fully saturated rings. The number of fused-ring (bicyclic) bond motifs is 1. The quantitative estimate of drug-likeness (QED) is 0.411. The van der Waals surface area contributed by atoms with Gasteiger partial charge in [-0.1, -0.05) is 12.1 Å². The molecule has 29 heavy (non-hydrogen) atoms. The van der Waals surface area contributed by atoms with Gasteiger partial charge in [0.2, 0.25) is 0 Å². The van der Waals surface area contributed by atoms with E-state index in [1.165, 1.54) is 19.2 Å². The number of non-ortho nitro benzene ring substituents is 1. The van der Waals surface area contributed by atoms with Crippen molar-refractivity contribution in [3.8, 4) is 0 Å². The second kappa shape index (κ2) is 7.83. The minimum atomic E-state index is -0.658. The number of ether oxygens (including phenoxy) is 1. The van der Waals surface area contributed by atoms with Gasteiger partial charge in [-0.15, -0.1) is 23.5 Å². The van der Waals surface area contributed by atoms with Crippen molar-refractivity contribution < 1.29 is 14.5 Å². The Morgan fingerprint density at radius 2 is 2.07 bits per heavy atom. The Labute approximate surface area is 176 Å². The van der Waals surface area contributed by atoms with Crippen molar-refractivity contribution in [1.82, 2.24) is 9.78 Å². The highest BCUT2D eigenvalue weighted by Crippen LogP contribution is 2.52. The molecule has 0 saturated carbocycles. The molecule has 1 saturated heterocycles. The number of hydrogen-bond acceptors (Lipinski definition) is 8. The maximum atomic E-state index is 12.8. The van der Waals surface area contributed by atoms with E-state index in [1.807, 2.05) is 36.6 Å². The Morgan fingerprint density at radius 1 is 1.34 bits per heavy atom. The number of nitro groups is 1. The van der Waals surface area contributed by atoms with Crippen LogP contribution in [0, 0.1) is 16.0 Å². The lowest BCUT2D eigenvalue weighted by atomic mass is 9.76. The van der Waals surface area contributed by atoms with Gasteiger partial charge in [0.1, 0.15) is 5.92 Å². The molecule has 10 heteroatoms. The van der Waals surface area contributed by atoms with E-state index in [4.69, 9.17) is 9.84 Å². The van der Waals surface area contributed by atoms with Gasteiger partial charge in [0.25, 0.3) is 5.69 Å². The first kappa shape index (κ1) is 20.0. The summed E-state index contributed by atoms with van der Waals surface area (Å²) >= 11 is 3.63. The molecule has 0 radical (unpaired) electrons. The van der Waals surface area contributed by atoms with E-state index < -0.39 is 22.7 Å². The van der Waals surface area contributed by atoms with E-state index in [2.05, 4.69) is 4.99 Å². The lowest BCUT2D eigenvalue weighted by Crippen LogP contribution is -2.33. The topological polar surface area (TPSA) is 99.6 Å². The number of esters is 1. The third-order valence-corrected chi connectivity index (χ3v) is 8.20.